The average molecular weight is 309 g/mol. The molecule has 0 radical (unpaired) electrons. The fraction of sp³-hybridized carbons (Fsp3) is 0.333. The Morgan fingerprint density at radius 3 is 2.77 bits per heavy atom. The summed E-state index contributed by atoms with van der Waals surface area (Å²) in [6.45, 7) is 9.01. The second kappa shape index (κ2) is 4.29. The molecule has 0 amide bonds. The van der Waals surface area contributed by atoms with Gasteiger partial charge in [0.1, 0.15) is 0 Å². The van der Waals surface area contributed by atoms with Crippen molar-refractivity contribution in [2.75, 3.05) is 0 Å². The van der Waals surface area contributed by atoms with Crippen molar-refractivity contribution < 1.29 is 0 Å². The Hall–Kier alpha value is -1.94. The average Bonchev–Trinajstić information content (AvgIpc) is 3.11. The minimum atomic E-state index is -0.148. The van der Waals surface area contributed by atoms with Crippen LogP contribution in [0.3, 0.4) is 0 Å². The quantitative estimate of drug-likeness (QED) is 0.659. The number of hydrogen-bond acceptors (Lipinski definition) is 3. The van der Waals surface area contributed by atoms with Gasteiger partial charge in [-0.05, 0) is 49.1 Å². The maximum atomic E-state index is 5.12. The first-order valence-electron chi connectivity index (χ1n) is 7.52. The van der Waals surface area contributed by atoms with Crippen LogP contribution >= 0.6 is 11.3 Å². The highest BCUT2D eigenvalue weighted by molar-refractivity contribution is 7.12. The summed E-state index contributed by atoms with van der Waals surface area (Å²) in [6.07, 6.45) is 3.88. The van der Waals surface area contributed by atoms with E-state index in [1.165, 1.54) is 10.4 Å². The van der Waals surface area contributed by atoms with E-state index in [1.54, 1.807) is 11.3 Å². The molecule has 0 spiro atoms. The van der Waals surface area contributed by atoms with E-state index in [4.69, 9.17) is 4.99 Å². The fourth-order valence-electron chi connectivity index (χ4n) is 3.04. The van der Waals surface area contributed by atoms with Crippen molar-refractivity contribution in [1.29, 1.82) is 0 Å². The molecule has 1 aliphatic rings. The minimum Gasteiger partial charge on any atom is -0.276 e. The molecule has 4 rings (SSSR count). The van der Waals surface area contributed by atoms with Crippen molar-refractivity contribution in [3.63, 3.8) is 0 Å². The summed E-state index contributed by atoms with van der Waals surface area (Å²) in [5.41, 5.74) is 4.54. The standard InChI is InChI=1S/C18H19N3S/c1-17(2)14-7-9-22-16(14)15(20-18(17,3)4)12-10-13-6-5-8-21(13)19-11-12/h5-11H,1-4H3. The van der Waals surface area contributed by atoms with E-state index in [0.29, 0.717) is 0 Å². The van der Waals surface area contributed by atoms with Gasteiger partial charge < -0.3 is 0 Å². The monoisotopic (exact) mass is 309 g/mol. The Balaban J connectivity index is 1.96. The fourth-order valence-corrected chi connectivity index (χ4v) is 4.10. The molecule has 3 aromatic rings. The van der Waals surface area contributed by atoms with Crippen LogP contribution in [0.5, 0.6) is 0 Å². The molecule has 0 aliphatic carbocycles. The molecule has 3 nitrogen and oxygen atoms in total. The van der Waals surface area contributed by atoms with E-state index in [1.807, 2.05) is 23.0 Å². The number of aromatic nitrogens is 2. The number of fused-ring (bicyclic) bond motifs is 2. The molecule has 4 heteroatoms. The summed E-state index contributed by atoms with van der Waals surface area (Å²) in [6, 6.07) is 8.51. The molecule has 22 heavy (non-hydrogen) atoms. The summed E-state index contributed by atoms with van der Waals surface area (Å²) in [4.78, 5) is 6.40. The maximum absolute atomic E-state index is 5.12. The number of hydrogen-bond donors (Lipinski definition) is 0. The van der Waals surface area contributed by atoms with Crippen molar-refractivity contribution in [2.24, 2.45) is 4.99 Å². The zero-order valence-corrected chi connectivity index (χ0v) is 14.1. The second-order valence-electron chi connectivity index (χ2n) is 6.93. The van der Waals surface area contributed by atoms with E-state index in [-0.39, 0.29) is 11.0 Å². The lowest BCUT2D eigenvalue weighted by Gasteiger charge is -2.43. The van der Waals surface area contributed by atoms with Crippen LogP contribution in [-0.2, 0) is 5.41 Å². The molecular weight excluding hydrogens is 290 g/mol. The van der Waals surface area contributed by atoms with Gasteiger partial charge in [0.2, 0.25) is 0 Å². The van der Waals surface area contributed by atoms with Gasteiger partial charge in [0, 0.05) is 17.2 Å². The van der Waals surface area contributed by atoms with Crippen molar-refractivity contribution >= 4 is 22.6 Å². The molecule has 4 heterocycles. The highest BCUT2D eigenvalue weighted by Crippen LogP contribution is 2.45. The van der Waals surface area contributed by atoms with Gasteiger partial charge in [-0.25, -0.2) is 4.52 Å². The highest BCUT2D eigenvalue weighted by atomic mass is 32.1. The molecule has 1 aliphatic heterocycles. The lowest BCUT2D eigenvalue weighted by molar-refractivity contribution is 0.305. The van der Waals surface area contributed by atoms with Crippen molar-refractivity contribution in [2.45, 2.75) is 38.6 Å². The van der Waals surface area contributed by atoms with E-state index in [9.17, 15) is 0 Å². The molecule has 0 saturated carbocycles. The normalized spacial score (nSPS) is 19.0. The first-order chi connectivity index (χ1) is 10.4. The number of thiophene rings is 1. The maximum Gasteiger partial charge on any atom is 0.0845 e. The number of nitrogens with zero attached hydrogens (tertiary/aromatic N) is 3. The molecule has 0 bridgehead atoms. The van der Waals surface area contributed by atoms with Crippen LogP contribution in [0.15, 0.2) is 47.0 Å². The molecule has 112 valence electrons. The molecule has 0 unspecified atom stereocenters. The first kappa shape index (κ1) is 13.7. The van der Waals surface area contributed by atoms with Gasteiger partial charge in [0.05, 0.1) is 27.8 Å². The zero-order chi connectivity index (χ0) is 15.5. The van der Waals surface area contributed by atoms with Gasteiger partial charge in [0.25, 0.3) is 0 Å². The van der Waals surface area contributed by atoms with Crippen LogP contribution in [0.25, 0.3) is 5.52 Å². The van der Waals surface area contributed by atoms with Crippen LogP contribution in [0.2, 0.25) is 0 Å². The number of aliphatic imine (C=N–C) groups is 1. The molecule has 3 aromatic heterocycles. The van der Waals surface area contributed by atoms with Gasteiger partial charge in [-0.1, -0.05) is 13.8 Å². The Labute approximate surface area is 134 Å². The third-order valence-electron chi connectivity index (χ3n) is 5.13. The molecular formula is C18H19N3S. The third-order valence-corrected chi connectivity index (χ3v) is 6.05. The lowest BCUT2D eigenvalue weighted by atomic mass is 9.68. The predicted molar refractivity (Wildman–Crippen MR) is 92.3 cm³/mol. The van der Waals surface area contributed by atoms with Crippen molar-refractivity contribution in [3.8, 4) is 0 Å². The predicted octanol–water partition coefficient (Wildman–Crippen LogP) is 4.30. The Morgan fingerprint density at radius 2 is 1.95 bits per heavy atom. The summed E-state index contributed by atoms with van der Waals surface area (Å²) in [5.74, 6) is 0. The highest BCUT2D eigenvalue weighted by Gasteiger charge is 2.44. The van der Waals surface area contributed by atoms with Crippen LogP contribution in [-0.4, -0.2) is 20.9 Å². The van der Waals surface area contributed by atoms with Gasteiger partial charge in [0.15, 0.2) is 0 Å². The van der Waals surface area contributed by atoms with Crippen molar-refractivity contribution in [3.05, 3.63) is 58.0 Å². The van der Waals surface area contributed by atoms with Gasteiger partial charge in [-0.15, -0.1) is 11.3 Å². The summed E-state index contributed by atoms with van der Waals surface area (Å²) < 4.78 is 1.89. The zero-order valence-electron chi connectivity index (χ0n) is 13.3. The third kappa shape index (κ3) is 1.73. The molecule has 0 saturated heterocycles. The van der Waals surface area contributed by atoms with Gasteiger partial charge in [-0.3, -0.25) is 4.99 Å². The summed E-state index contributed by atoms with van der Waals surface area (Å²) in [5, 5.41) is 6.67. The second-order valence-corrected chi connectivity index (χ2v) is 7.85. The minimum absolute atomic E-state index is 0.0262. The van der Waals surface area contributed by atoms with Crippen LogP contribution in [0, 0.1) is 0 Å². The Kier molecular flexibility index (Phi) is 2.67. The van der Waals surface area contributed by atoms with Crippen molar-refractivity contribution in [1.82, 2.24) is 9.61 Å². The van der Waals surface area contributed by atoms with Crippen LogP contribution in [0.4, 0.5) is 0 Å². The van der Waals surface area contributed by atoms with Crippen LogP contribution in [0.1, 0.15) is 43.7 Å². The molecule has 0 N–H and O–H groups in total. The van der Waals surface area contributed by atoms with E-state index in [0.717, 1.165) is 16.8 Å². The Bertz CT molecular complexity index is 896. The lowest BCUT2D eigenvalue weighted by Crippen LogP contribution is -2.45. The smallest absolute Gasteiger partial charge is 0.0845 e. The number of rotatable bonds is 1. The molecule has 0 atom stereocenters. The SMILES string of the molecule is CC1(C)N=C(c2cnn3cccc3c2)c2sccc2C1(C)C. The molecule has 0 aromatic carbocycles. The Morgan fingerprint density at radius 1 is 1.14 bits per heavy atom. The summed E-state index contributed by atoms with van der Waals surface area (Å²) in [7, 11) is 0. The topological polar surface area (TPSA) is 29.7 Å². The van der Waals surface area contributed by atoms with Crippen LogP contribution < -0.4 is 0 Å². The summed E-state index contributed by atoms with van der Waals surface area (Å²) >= 11 is 1.77. The van der Waals surface area contributed by atoms with E-state index in [2.05, 4.69) is 56.4 Å². The van der Waals surface area contributed by atoms with E-state index >= 15 is 0 Å². The first-order valence-corrected chi connectivity index (χ1v) is 8.40. The van der Waals surface area contributed by atoms with Gasteiger partial charge >= 0.3 is 0 Å². The van der Waals surface area contributed by atoms with E-state index < -0.39 is 0 Å². The molecule has 0 fully saturated rings. The van der Waals surface area contributed by atoms with Gasteiger partial charge in [-0.2, -0.15) is 5.10 Å². The largest absolute Gasteiger partial charge is 0.276 e.